The number of aromatic nitrogens is 2. The molecule has 0 aliphatic heterocycles. The molecule has 2 rings (SSSR count). The molecular weight excluding hydrogens is 321 g/mol. The van der Waals surface area contributed by atoms with Crippen LogP contribution in [0.25, 0.3) is 0 Å². The first-order valence-corrected chi connectivity index (χ1v) is 7.33. The van der Waals surface area contributed by atoms with Crippen molar-refractivity contribution in [2.75, 3.05) is 0 Å². The summed E-state index contributed by atoms with van der Waals surface area (Å²) < 4.78 is 15.8. The van der Waals surface area contributed by atoms with Crippen LogP contribution in [0.1, 0.15) is 32.2 Å². The quantitative estimate of drug-likeness (QED) is 0.919. The van der Waals surface area contributed by atoms with Crippen LogP contribution in [0.3, 0.4) is 0 Å². The largest absolute Gasteiger partial charge is 0.329 e. The molecular formula is C15H19BrFN3. The molecule has 0 amide bonds. The maximum Gasteiger partial charge on any atom is 0.137 e. The third kappa shape index (κ3) is 4.15. The third-order valence-electron chi connectivity index (χ3n) is 2.92. The van der Waals surface area contributed by atoms with E-state index in [1.165, 1.54) is 6.07 Å². The van der Waals surface area contributed by atoms with Crippen LogP contribution < -0.4 is 5.32 Å². The molecule has 0 saturated heterocycles. The standard InChI is InChI=1S/C15H19BrFN3/c1-15(2,3)19-9-14-18-6-7-20(14)10-11-4-5-13(17)12(16)8-11/h4-8,19H,9-10H2,1-3H3. The molecule has 0 aliphatic carbocycles. The molecule has 1 N–H and O–H groups in total. The van der Waals surface area contributed by atoms with Gasteiger partial charge in [0.05, 0.1) is 11.0 Å². The monoisotopic (exact) mass is 339 g/mol. The van der Waals surface area contributed by atoms with E-state index in [2.05, 4.69) is 51.6 Å². The van der Waals surface area contributed by atoms with E-state index in [9.17, 15) is 4.39 Å². The van der Waals surface area contributed by atoms with Crippen LogP contribution >= 0.6 is 15.9 Å². The van der Waals surface area contributed by atoms with Crippen molar-refractivity contribution in [2.45, 2.75) is 39.4 Å². The summed E-state index contributed by atoms with van der Waals surface area (Å²) in [7, 11) is 0. The fourth-order valence-corrected chi connectivity index (χ4v) is 2.26. The van der Waals surface area contributed by atoms with Gasteiger partial charge in [0.1, 0.15) is 11.6 Å². The van der Waals surface area contributed by atoms with Gasteiger partial charge in [0.25, 0.3) is 0 Å². The molecule has 2 aromatic rings. The summed E-state index contributed by atoms with van der Waals surface area (Å²) in [5, 5.41) is 3.42. The summed E-state index contributed by atoms with van der Waals surface area (Å²) in [6.07, 6.45) is 3.73. The van der Waals surface area contributed by atoms with Gasteiger partial charge in [-0.1, -0.05) is 6.07 Å². The zero-order valence-electron chi connectivity index (χ0n) is 12.0. The normalized spacial score (nSPS) is 11.8. The molecule has 0 fully saturated rings. The number of hydrogen-bond acceptors (Lipinski definition) is 2. The van der Waals surface area contributed by atoms with Gasteiger partial charge >= 0.3 is 0 Å². The lowest BCUT2D eigenvalue weighted by Gasteiger charge is -2.20. The van der Waals surface area contributed by atoms with Gasteiger partial charge in [-0.05, 0) is 54.4 Å². The maximum absolute atomic E-state index is 13.2. The number of nitrogens with one attached hydrogen (secondary N) is 1. The molecule has 1 heterocycles. The van der Waals surface area contributed by atoms with Crippen molar-refractivity contribution in [1.82, 2.24) is 14.9 Å². The molecule has 108 valence electrons. The molecule has 0 spiro atoms. The summed E-state index contributed by atoms with van der Waals surface area (Å²) in [5.41, 5.74) is 1.09. The lowest BCUT2D eigenvalue weighted by Crippen LogP contribution is -2.36. The summed E-state index contributed by atoms with van der Waals surface area (Å²) in [5.74, 6) is 0.731. The number of rotatable bonds is 4. The molecule has 0 unspecified atom stereocenters. The minimum absolute atomic E-state index is 0.0513. The Labute approximate surface area is 127 Å². The molecule has 0 aliphatic rings. The van der Waals surface area contributed by atoms with E-state index in [4.69, 9.17) is 0 Å². The van der Waals surface area contributed by atoms with Gasteiger partial charge in [0, 0.05) is 24.5 Å². The predicted octanol–water partition coefficient (Wildman–Crippen LogP) is 3.72. The van der Waals surface area contributed by atoms with Crippen molar-refractivity contribution in [3.8, 4) is 0 Å². The lowest BCUT2D eigenvalue weighted by molar-refractivity contribution is 0.413. The molecule has 0 saturated carbocycles. The van der Waals surface area contributed by atoms with Crippen LogP contribution in [0.4, 0.5) is 4.39 Å². The number of imidazole rings is 1. The van der Waals surface area contributed by atoms with Crippen molar-refractivity contribution >= 4 is 15.9 Å². The van der Waals surface area contributed by atoms with E-state index in [0.717, 1.165) is 11.4 Å². The number of hydrogen-bond donors (Lipinski definition) is 1. The van der Waals surface area contributed by atoms with Crippen molar-refractivity contribution in [3.63, 3.8) is 0 Å². The van der Waals surface area contributed by atoms with Gasteiger partial charge in [-0.15, -0.1) is 0 Å². The average Bonchev–Trinajstić information content (AvgIpc) is 2.78. The third-order valence-corrected chi connectivity index (χ3v) is 3.52. The molecule has 20 heavy (non-hydrogen) atoms. The Hall–Kier alpha value is -1.20. The van der Waals surface area contributed by atoms with Crippen LogP contribution in [0, 0.1) is 5.82 Å². The maximum atomic E-state index is 13.2. The van der Waals surface area contributed by atoms with Gasteiger partial charge in [-0.2, -0.15) is 0 Å². The minimum atomic E-state index is -0.242. The number of benzene rings is 1. The molecule has 1 aromatic carbocycles. The second-order valence-corrected chi connectivity index (χ2v) is 6.68. The lowest BCUT2D eigenvalue weighted by atomic mass is 10.1. The van der Waals surface area contributed by atoms with E-state index < -0.39 is 0 Å². The highest BCUT2D eigenvalue weighted by molar-refractivity contribution is 9.10. The van der Waals surface area contributed by atoms with Gasteiger partial charge in [0.15, 0.2) is 0 Å². The zero-order valence-corrected chi connectivity index (χ0v) is 13.5. The van der Waals surface area contributed by atoms with Crippen molar-refractivity contribution in [1.29, 1.82) is 0 Å². The first-order chi connectivity index (χ1) is 9.35. The first kappa shape index (κ1) is 15.2. The second-order valence-electron chi connectivity index (χ2n) is 5.82. The van der Waals surface area contributed by atoms with E-state index in [-0.39, 0.29) is 11.4 Å². The zero-order chi connectivity index (χ0) is 14.8. The van der Waals surface area contributed by atoms with Gasteiger partial charge in [-0.25, -0.2) is 9.37 Å². The molecule has 0 atom stereocenters. The van der Waals surface area contributed by atoms with E-state index >= 15 is 0 Å². The van der Waals surface area contributed by atoms with E-state index in [0.29, 0.717) is 17.6 Å². The minimum Gasteiger partial charge on any atom is -0.329 e. The Morgan fingerprint density at radius 2 is 2.10 bits per heavy atom. The molecule has 5 heteroatoms. The predicted molar refractivity (Wildman–Crippen MR) is 82.0 cm³/mol. The fraction of sp³-hybridized carbons (Fsp3) is 0.400. The summed E-state index contributed by atoms with van der Waals surface area (Å²) >= 11 is 3.21. The Morgan fingerprint density at radius 1 is 1.35 bits per heavy atom. The van der Waals surface area contributed by atoms with E-state index in [1.807, 2.05) is 6.20 Å². The average molecular weight is 340 g/mol. The highest BCUT2D eigenvalue weighted by atomic mass is 79.9. The Kier molecular flexibility index (Phi) is 4.60. The van der Waals surface area contributed by atoms with Crippen LogP contribution in [0.5, 0.6) is 0 Å². The Bertz CT molecular complexity index is 587. The highest BCUT2D eigenvalue weighted by Gasteiger charge is 2.11. The summed E-state index contributed by atoms with van der Waals surface area (Å²) in [6, 6.07) is 5.07. The summed E-state index contributed by atoms with van der Waals surface area (Å²) in [4.78, 5) is 4.37. The summed E-state index contributed by atoms with van der Waals surface area (Å²) in [6.45, 7) is 7.75. The van der Waals surface area contributed by atoms with Crippen molar-refractivity contribution in [2.24, 2.45) is 0 Å². The van der Waals surface area contributed by atoms with Gasteiger partial charge in [-0.3, -0.25) is 0 Å². The Balaban J connectivity index is 2.10. The number of halogens is 2. The van der Waals surface area contributed by atoms with Crippen LogP contribution in [-0.2, 0) is 13.1 Å². The Morgan fingerprint density at radius 3 is 2.75 bits per heavy atom. The van der Waals surface area contributed by atoms with Gasteiger partial charge < -0.3 is 9.88 Å². The second kappa shape index (κ2) is 6.06. The SMILES string of the molecule is CC(C)(C)NCc1nccn1Cc1ccc(F)c(Br)c1. The topological polar surface area (TPSA) is 29.9 Å². The van der Waals surface area contributed by atoms with Crippen molar-refractivity contribution in [3.05, 3.63) is 52.3 Å². The van der Waals surface area contributed by atoms with Gasteiger partial charge in [0.2, 0.25) is 0 Å². The molecule has 3 nitrogen and oxygen atoms in total. The van der Waals surface area contributed by atoms with E-state index in [1.54, 1.807) is 18.3 Å². The highest BCUT2D eigenvalue weighted by Crippen LogP contribution is 2.18. The van der Waals surface area contributed by atoms with Crippen LogP contribution in [0.15, 0.2) is 35.1 Å². The van der Waals surface area contributed by atoms with Crippen molar-refractivity contribution < 1.29 is 4.39 Å². The first-order valence-electron chi connectivity index (χ1n) is 6.54. The smallest absolute Gasteiger partial charge is 0.137 e. The van der Waals surface area contributed by atoms with Crippen LogP contribution in [-0.4, -0.2) is 15.1 Å². The molecule has 0 radical (unpaired) electrons. The fourth-order valence-electron chi connectivity index (χ4n) is 1.83. The number of nitrogens with zero attached hydrogens (tertiary/aromatic N) is 2. The van der Waals surface area contributed by atoms with Crippen LogP contribution in [0.2, 0.25) is 0 Å². The molecule has 1 aromatic heterocycles. The molecule has 0 bridgehead atoms.